The van der Waals surface area contributed by atoms with Crippen molar-refractivity contribution in [3.8, 4) is 0 Å². The maximum absolute atomic E-state index is 12.3. The first-order valence-electron chi connectivity index (χ1n) is 6.63. The number of hydrogen-bond acceptors (Lipinski definition) is 2. The van der Waals surface area contributed by atoms with Crippen LogP contribution in [-0.4, -0.2) is 30.3 Å². The van der Waals surface area contributed by atoms with Gasteiger partial charge in [0.15, 0.2) is 0 Å². The van der Waals surface area contributed by atoms with Gasteiger partial charge in [-0.1, -0.05) is 35.3 Å². The third kappa shape index (κ3) is 4.83. The summed E-state index contributed by atoms with van der Waals surface area (Å²) in [5.41, 5.74) is 0.993. The van der Waals surface area contributed by atoms with E-state index in [1.165, 1.54) is 4.90 Å². The number of anilines is 1. The van der Waals surface area contributed by atoms with Gasteiger partial charge in [-0.2, -0.15) is 0 Å². The van der Waals surface area contributed by atoms with Crippen LogP contribution in [0.1, 0.15) is 10.4 Å². The molecule has 2 aromatic rings. The summed E-state index contributed by atoms with van der Waals surface area (Å²) < 4.78 is 0.782. The molecular formula is C16H13Cl2IN2O2. The van der Waals surface area contributed by atoms with Gasteiger partial charge in [0.1, 0.15) is 0 Å². The molecule has 0 spiro atoms. The average molecular weight is 463 g/mol. The van der Waals surface area contributed by atoms with Crippen LogP contribution in [0.15, 0.2) is 42.5 Å². The fourth-order valence-electron chi connectivity index (χ4n) is 1.89. The fourth-order valence-corrected chi connectivity index (χ4v) is 2.70. The van der Waals surface area contributed by atoms with Gasteiger partial charge in [-0.15, -0.1) is 0 Å². The fraction of sp³-hybridized carbons (Fsp3) is 0.125. The van der Waals surface area contributed by atoms with Crippen molar-refractivity contribution in [1.82, 2.24) is 4.90 Å². The molecular weight excluding hydrogens is 450 g/mol. The second kappa shape index (κ2) is 7.99. The molecule has 2 rings (SSSR count). The number of halogens is 3. The Morgan fingerprint density at radius 3 is 2.48 bits per heavy atom. The lowest BCUT2D eigenvalue weighted by Gasteiger charge is -2.17. The molecule has 0 aromatic heterocycles. The van der Waals surface area contributed by atoms with Crippen molar-refractivity contribution in [2.45, 2.75) is 0 Å². The summed E-state index contributed by atoms with van der Waals surface area (Å²) in [6, 6.07) is 11.9. The van der Waals surface area contributed by atoms with Gasteiger partial charge in [0.05, 0.1) is 22.3 Å². The number of carbonyl (C=O) groups is 2. The van der Waals surface area contributed by atoms with Gasteiger partial charge in [-0.05, 0) is 52.9 Å². The first-order chi connectivity index (χ1) is 10.9. The third-order valence-electron chi connectivity index (χ3n) is 3.04. The smallest absolute Gasteiger partial charge is 0.254 e. The molecule has 0 aliphatic heterocycles. The van der Waals surface area contributed by atoms with E-state index in [4.69, 9.17) is 23.2 Å². The molecule has 0 aliphatic carbocycles. The Kier molecular flexibility index (Phi) is 6.26. The van der Waals surface area contributed by atoms with Crippen LogP contribution in [0.5, 0.6) is 0 Å². The Labute approximate surface area is 157 Å². The predicted molar refractivity (Wildman–Crippen MR) is 101 cm³/mol. The highest BCUT2D eigenvalue weighted by Gasteiger charge is 2.16. The largest absolute Gasteiger partial charge is 0.332 e. The molecule has 7 heteroatoms. The molecule has 0 saturated heterocycles. The SMILES string of the molecule is CN(CC(=O)Nc1ccccc1Cl)C(=O)c1ccc(Cl)c(I)c1. The summed E-state index contributed by atoms with van der Waals surface area (Å²) in [6.45, 7) is -0.0801. The monoisotopic (exact) mass is 462 g/mol. The molecule has 2 amide bonds. The zero-order valence-corrected chi connectivity index (χ0v) is 15.8. The number of hydrogen-bond donors (Lipinski definition) is 1. The minimum Gasteiger partial charge on any atom is -0.332 e. The second-order valence-electron chi connectivity index (χ2n) is 4.82. The van der Waals surface area contributed by atoms with E-state index in [2.05, 4.69) is 27.9 Å². The topological polar surface area (TPSA) is 49.4 Å². The summed E-state index contributed by atoms with van der Waals surface area (Å²) in [4.78, 5) is 25.7. The maximum Gasteiger partial charge on any atom is 0.254 e. The van der Waals surface area contributed by atoms with Crippen LogP contribution in [0.25, 0.3) is 0 Å². The molecule has 120 valence electrons. The number of carbonyl (C=O) groups excluding carboxylic acids is 2. The Balaban J connectivity index is 2.01. The molecule has 4 nitrogen and oxygen atoms in total. The van der Waals surface area contributed by atoms with E-state index in [1.807, 2.05) is 0 Å². The predicted octanol–water partition coefficient (Wildman–Crippen LogP) is 4.31. The lowest BCUT2D eigenvalue weighted by molar-refractivity contribution is -0.116. The van der Waals surface area contributed by atoms with Gasteiger partial charge >= 0.3 is 0 Å². The van der Waals surface area contributed by atoms with Crippen molar-refractivity contribution >= 4 is 63.3 Å². The molecule has 0 atom stereocenters. The van der Waals surface area contributed by atoms with E-state index in [9.17, 15) is 9.59 Å². The molecule has 0 fully saturated rings. The van der Waals surface area contributed by atoms with Crippen LogP contribution in [0.2, 0.25) is 10.0 Å². The van der Waals surface area contributed by atoms with Gasteiger partial charge in [0.2, 0.25) is 5.91 Å². The Bertz CT molecular complexity index is 753. The Hall–Kier alpha value is -1.31. The van der Waals surface area contributed by atoms with Crippen molar-refractivity contribution in [2.24, 2.45) is 0 Å². The van der Waals surface area contributed by atoms with Crippen LogP contribution >= 0.6 is 45.8 Å². The summed E-state index contributed by atoms with van der Waals surface area (Å²) in [5.74, 6) is -0.577. The summed E-state index contributed by atoms with van der Waals surface area (Å²) in [7, 11) is 1.57. The zero-order chi connectivity index (χ0) is 17.0. The van der Waals surface area contributed by atoms with E-state index < -0.39 is 0 Å². The van der Waals surface area contributed by atoms with E-state index in [0.717, 1.165) is 3.57 Å². The van der Waals surface area contributed by atoms with E-state index in [0.29, 0.717) is 21.3 Å². The first-order valence-corrected chi connectivity index (χ1v) is 8.47. The lowest BCUT2D eigenvalue weighted by Crippen LogP contribution is -2.35. The van der Waals surface area contributed by atoms with Crippen molar-refractivity contribution in [3.05, 3.63) is 61.6 Å². The second-order valence-corrected chi connectivity index (χ2v) is 6.79. The molecule has 0 saturated carbocycles. The number of nitrogens with zero attached hydrogens (tertiary/aromatic N) is 1. The van der Waals surface area contributed by atoms with Gasteiger partial charge in [0.25, 0.3) is 5.91 Å². The van der Waals surface area contributed by atoms with Gasteiger partial charge < -0.3 is 10.2 Å². The molecule has 0 bridgehead atoms. The number of benzene rings is 2. The normalized spacial score (nSPS) is 10.3. The number of nitrogens with one attached hydrogen (secondary N) is 1. The van der Waals surface area contributed by atoms with Crippen molar-refractivity contribution < 1.29 is 9.59 Å². The minimum atomic E-state index is -0.322. The van der Waals surface area contributed by atoms with Gasteiger partial charge in [-0.25, -0.2) is 0 Å². The molecule has 0 radical (unpaired) electrons. The number of amides is 2. The Morgan fingerprint density at radius 2 is 1.83 bits per heavy atom. The van der Waals surface area contributed by atoms with E-state index >= 15 is 0 Å². The van der Waals surface area contributed by atoms with Crippen LogP contribution in [-0.2, 0) is 4.79 Å². The van der Waals surface area contributed by atoms with Crippen LogP contribution in [0.3, 0.4) is 0 Å². The van der Waals surface area contributed by atoms with Crippen LogP contribution in [0.4, 0.5) is 5.69 Å². The summed E-state index contributed by atoms with van der Waals surface area (Å²) in [5, 5.41) is 3.71. The molecule has 1 N–H and O–H groups in total. The molecule has 2 aromatic carbocycles. The highest BCUT2D eigenvalue weighted by atomic mass is 127. The number of likely N-dealkylation sites (N-methyl/N-ethyl adjacent to an activating group) is 1. The average Bonchev–Trinajstić information content (AvgIpc) is 2.51. The van der Waals surface area contributed by atoms with E-state index in [1.54, 1.807) is 49.5 Å². The van der Waals surface area contributed by atoms with Crippen molar-refractivity contribution in [2.75, 3.05) is 18.9 Å². The first kappa shape index (κ1) is 18.0. The number of para-hydroxylation sites is 1. The van der Waals surface area contributed by atoms with Crippen molar-refractivity contribution in [3.63, 3.8) is 0 Å². The highest BCUT2D eigenvalue weighted by molar-refractivity contribution is 14.1. The molecule has 0 heterocycles. The molecule has 0 unspecified atom stereocenters. The maximum atomic E-state index is 12.3. The third-order valence-corrected chi connectivity index (χ3v) is 4.91. The van der Waals surface area contributed by atoms with Gasteiger partial charge in [-0.3, -0.25) is 9.59 Å². The van der Waals surface area contributed by atoms with Crippen LogP contribution < -0.4 is 5.32 Å². The minimum absolute atomic E-state index is 0.0801. The van der Waals surface area contributed by atoms with Gasteiger partial charge in [0, 0.05) is 16.2 Å². The van der Waals surface area contributed by atoms with E-state index in [-0.39, 0.29) is 18.4 Å². The standard InChI is InChI=1S/C16H13Cl2IN2O2/c1-21(16(23)10-6-7-11(17)13(19)8-10)9-15(22)20-14-5-3-2-4-12(14)18/h2-8H,9H2,1H3,(H,20,22). The zero-order valence-electron chi connectivity index (χ0n) is 12.1. The quantitative estimate of drug-likeness (QED) is 0.688. The van der Waals surface area contributed by atoms with Crippen molar-refractivity contribution in [1.29, 1.82) is 0 Å². The summed E-state index contributed by atoms with van der Waals surface area (Å²) >= 11 is 14.0. The highest BCUT2D eigenvalue weighted by Crippen LogP contribution is 2.21. The lowest BCUT2D eigenvalue weighted by atomic mass is 10.2. The number of rotatable bonds is 4. The van der Waals surface area contributed by atoms with Crippen LogP contribution in [0, 0.1) is 3.57 Å². The Morgan fingerprint density at radius 1 is 1.13 bits per heavy atom. The molecule has 0 aliphatic rings. The molecule has 23 heavy (non-hydrogen) atoms. The summed E-state index contributed by atoms with van der Waals surface area (Å²) in [6.07, 6.45) is 0.